The van der Waals surface area contributed by atoms with E-state index in [1.165, 1.54) is 37.1 Å². The molecule has 0 aliphatic carbocycles. The molecular formula is C16H26N2. The standard InChI is InChI=1S/C16H26N2/c1-4-9-17-16-10-15(11-18(3)12-16)14-7-5-13(2)6-8-14/h5-8,15-17H,4,9-12H2,1-3H3. The fraction of sp³-hybridized carbons (Fsp3) is 0.625. The van der Waals surface area contributed by atoms with Gasteiger partial charge in [0.1, 0.15) is 0 Å². The molecule has 1 N–H and O–H groups in total. The molecular weight excluding hydrogens is 220 g/mol. The lowest BCUT2D eigenvalue weighted by Gasteiger charge is -2.36. The largest absolute Gasteiger partial charge is 0.313 e. The lowest BCUT2D eigenvalue weighted by Crippen LogP contribution is -2.47. The van der Waals surface area contributed by atoms with E-state index in [1.807, 2.05) is 0 Å². The molecule has 1 heterocycles. The van der Waals surface area contributed by atoms with Gasteiger partial charge in [-0.05, 0) is 44.8 Å². The number of benzene rings is 1. The number of likely N-dealkylation sites (tertiary alicyclic amines) is 1. The summed E-state index contributed by atoms with van der Waals surface area (Å²) in [5.41, 5.74) is 2.85. The van der Waals surface area contributed by atoms with Crippen molar-refractivity contribution in [3.05, 3.63) is 35.4 Å². The summed E-state index contributed by atoms with van der Waals surface area (Å²) in [5.74, 6) is 0.679. The molecule has 1 aromatic carbocycles. The molecule has 2 atom stereocenters. The third kappa shape index (κ3) is 3.56. The summed E-state index contributed by atoms with van der Waals surface area (Å²) in [4.78, 5) is 2.46. The van der Waals surface area contributed by atoms with Gasteiger partial charge in [-0.15, -0.1) is 0 Å². The zero-order chi connectivity index (χ0) is 13.0. The minimum absolute atomic E-state index is 0.648. The van der Waals surface area contributed by atoms with Gasteiger partial charge in [0.2, 0.25) is 0 Å². The predicted octanol–water partition coefficient (Wildman–Crippen LogP) is 2.78. The van der Waals surface area contributed by atoms with Gasteiger partial charge in [0.15, 0.2) is 0 Å². The quantitative estimate of drug-likeness (QED) is 0.879. The molecule has 2 heteroatoms. The van der Waals surface area contributed by atoms with Crippen LogP contribution in [0, 0.1) is 6.92 Å². The summed E-state index contributed by atoms with van der Waals surface area (Å²) in [6.07, 6.45) is 2.49. The van der Waals surface area contributed by atoms with Gasteiger partial charge in [-0.3, -0.25) is 0 Å². The lowest BCUT2D eigenvalue weighted by molar-refractivity contribution is 0.205. The number of nitrogens with one attached hydrogen (secondary N) is 1. The van der Waals surface area contributed by atoms with Crippen molar-refractivity contribution in [2.24, 2.45) is 0 Å². The van der Waals surface area contributed by atoms with Gasteiger partial charge >= 0.3 is 0 Å². The van der Waals surface area contributed by atoms with Crippen LogP contribution in [0.5, 0.6) is 0 Å². The van der Waals surface area contributed by atoms with Crippen LogP contribution in [0.1, 0.15) is 36.8 Å². The van der Waals surface area contributed by atoms with Crippen LogP contribution in [0.25, 0.3) is 0 Å². The van der Waals surface area contributed by atoms with Gasteiger partial charge < -0.3 is 10.2 Å². The lowest BCUT2D eigenvalue weighted by atomic mass is 9.88. The second-order valence-electron chi connectivity index (χ2n) is 5.72. The molecule has 2 unspecified atom stereocenters. The minimum Gasteiger partial charge on any atom is -0.313 e. The van der Waals surface area contributed by atoms with E-state index in [-0.39, 0.29) is 0 Å². The average Bonchev–Trinajstić information content (AvgIpc) is 2.36. The Balaban J connectivity index is 2.01. The predicted molar refractivity (Wildman–Crippen MR) is 78.1 cm³/mol. The summed E-state index contributed by atoms with van der Waals surface area (Å²) in [5, 5.41) is 3.67. The zero-order valence-corrected chi connectivity index (χ0v) is 11.9. The minimum atomic E-state index is 0.648. The molecule has 2 rings (SSSR count). The number of hydrogen-bond acceptors (Lipinski definition) is 2. The summed E-state index contributed by atoms with van der Waals surface area (Å²) in [7, 11) is 2.24. The highest BCUT2D eigenvalue weighted by Gasteiger charge is 2.25. The van der Waals surface area contributed by atoms with E-state index in [0.29, 0.717) is 12.0 Å². The zero-order valence-electron chi connectivity index (χ0n) is 11.9. The molecule has 2 nitrogen and oxygen atoms in total. The highest BCUT2D eigenvalue weighted by atomic mass is 15.1. The van der Waals surface area contributed by atoms with Gasteiger partial charge in [0.25, 0.3) is 0 Å². The fourth-order valence-corrected chi connectivity index (χ4v) is 2.90. The topological polar surface area (TPSA) is 15.3 Å². The third-order valence-corrected chi connectivity index (χ3v) is 3.86. The smallest absolute Gasteiger partial charge is 0.0201 e. The SMILES string of the molecule is CCCNC1CC(c2ccc(C)cc2)CN(C)C1. The van der Waals surface area contributed by atoms with Crippen molar-refractivity contribution in [2.75, 3.05) is 26.7 Å². The Morgan fingerprint density at radius 3 is 2.61 bits per heavy atom. The molecule has 18 heavy (non-hydrogen) atoms. The van der Waals surface area contributed by atoms with Crippen LogP contribution in [0.2, 0.25) is 0 Å². The third-order valence-electron chi connectivity index (χ3n) is 3.86. The first-order chi connectivity index (χ1) is 8.69. The summed E-state index contributed by atoms with van der Waals surface area (Å²) in [6.45, 7) is 7.90. The number of likely N-dealkylation sites (N-methyl/N-ethyl adjacent to an activating group) is 1. The Bertz CT molecular complexity index is 358. The molecule has 100 valence electrons. The van der Waals surface area contributed by atoms with Crippen molar-refractivity contribution in [3.63, 3.8) is 0 Å². The first-order valence-corrected chi connectivity index (χ1v) is 7.17. The van der Waals surface area contributed by atoms with E-state index in [9.17, 15) is 0 Å². The second-order valence-corrected chi connectivity index (χ2v) is 5.72. The molecule has 0 saturated carbocycles. The van der Waals surface area contributed by atoms with Crippen molar-refractivity contribution in [3.8, 4) is 0 Å². The van der Waals surface area contributed by atoms with Crippen molar-refractivity contribution in [1.82, 2.24) is 10.2 Å². The second kappa shape index (κ2) is 6.35. The summed E-state index contributed by atoms with van der Waals surface area (Å²) in [6, 6.07) is 9.72. The molecule has 1 aromatic rings. The number of rotatable bonds is 4. The van der Waals surface area contributed by atoms with Crippen molar-refractivity contribution in [2.45, 2.75) is 38.6 Å². The fourth-order valence-electron chi connectivity index (χ4n) is 2.90. The van der Waals surface area contributed by atoms with Gasteiger partial charge in [-0.1, -0.05) is 36.8 Å². The molecule has 0 bridgehead atoms. The van der Waals surface area contributed by atoms with Crippen LogP contribution in [0.4, 0.5) is 0 Å². The van der Waals surface area contributed by atoms with E-state index < -0.39 is 0 Å². The number of aryl methyl sites for hydroxylation is 1. The van der Waals surface area contributed by atoms with Gasteiger partial charge in [-0.25, -0.2) is 0 Å². The van der Waals surface area contributed by atoms with E-state index in [2.05, 4.69) is 55.4 Å². The van der Waals surface area contributed by atoms with E-state index in [0.717, 1.165) is 6.54 Å². The Hall–Kier alpha value is -0.860. The highest BCUT2D eigenvalue weighted by molar-refractivity contribution is 5.25. The van der Waals surface area contributed by atoms with Crippen LogP contribution in [0.15, 0.2) is 24.3 Å². The molecule has 0 spiro atoms. The van der Waals surface area contributed by atoms with E-state index in [1.54, 1.807) is 0 Å². The van der Waals surface area contributed by atoms with Crippen molar-refractivity contribution in [1.29, 1.82) is 0 Å². The van der Waals surface area contributed by atoms with Gasteiger partial charge in [0, 0.05) is 19.1 Å². The Kier molecular flexibility index (Phi) is 4.79. The van der Waals surface area contributed by atoms with Crippen LogP contribution < -0.4 is 5.32 Å². The monoisotopic (exact) mass is 246 g/mol. The Labute approximate surface area is 111 Å². The van der Waals surface area contributed by atoms with Crippen LogP contribution in [0.3, 0.4) is 0 Å². The van der Waals surface area contributed by atoms with E-state index in [4.69, 9.17) is 0 Å². The Morgan fingerprint density at radius 1 is 1.22 bits per heavy atom. The first-order valence-electron chi connectivity index (χ1n) is 7.17. The Morgan fingerprint density at radius 2 is 1.94 bits per heavy atom. The van der Waals surface area contributed by atoms with E-state index >= 15 is 0 Å². The maximum atomic E-state index is 3.67. The highest BCUT2D eigenvalue weighted by Crippen LogP contribution is 2.26. The molecule has 1 aliphatic heterocycles. The number of piperidine rings is 1. The molecule has 0 aromatic heterocycles. The maximum Gasteiger partial charge on any atom is 0.0201 e. The maximum absolute atomic E-state index is 3.67. The van der Waals surface area contributed by atoms with Crippen LogP contribution in [-0.4, -0.2) is 37.6 Å². The summed E-state index contributed by atoms with van der Waals surface area (Å²) >= 11 is 0. The van der Waals surface area contributed by atoms with Gasteiger partial charge in [0.05, 0.1) is 0 Å². The first kappa shape index (κ1) is 13.6. The molecule has 0 amide bonds. The molecule has 1 aliphatic rings. The van der Waals surface area contributed by atoms with Crippen molar-refractivity contribution >= 4 is 0 Å². The summed E-state index contributed by atoms with van der Waals surface area (Å²) < 4.78 is 0. The number of hydrogen-bond donors (Lipinski definition) is 1. The van der Waals surface area contributed by atoms with Crippen molar-refractivity contribution < 1.29 is 0 Å². The number of nitrogens with zero attached hydrogens (tertiary/aromatic N) is 1. The molecule has 1 fully saturated rings. The van der Waals surface area contributed by atoms with Gasteiger partial charge in [-0.2, -0.15) is 0 Å². The van der Waals surface area contributed by atoms with Crippen LogP contribution in [-0.2, 0) is 0 Å². The normalized spacial score (nSPS) is 25.3. The average molecular weight is 246 g/mol. The van der Waals surface area contributed by atoms with Crippen LogP contribution >= 0.6 is 0 Å². The molecule has 0 radical (unpaired) electrons. The molecule has 1 saturated heterocycles.